The highest BCUT2D eigenvalue weighted by Gasteiger charge is 2.06. The molecular formula is C6H6F2N2O. The van der Waals surface area contributed by atoms with Gasteiger partial charge in [0.25, 0.3) is 5.56 Å². The number of rotatable bonds is 1. The molecule has 0 aliphatic rings. The molecule has 0 radical (unpaired) electrons. The molecule has 11 heavy (non-hydrogen) atoms. The largest absolute Gasteiger partial charge is 0.398 e. The Bertz CT molecular complexity index is 308. The Morgan fingerprint density at radius 3 is 2.55 bits per heavy atom. The molecule has 2 N–H and O–H groups in total. The maximum absolute atomic E-state index is 11.9. The maximum Gasteiger partial charge on any atom is 0.321 e. The molecule has 1 aromatic heterocycles. The van der Waals surface area contributed by atoms with Crippen molar-refractivity contribution in [3.63, 3.8) is 0 Å². The van der Waals surface area contributed by atoms with Crippen LogP contribution in [0.25, 0.3) is 0 Å². The van der Waals surface area contributed by atoms with Gasteiger partial charge in [0.15, 0.2) is 0 Å². The summed E-state index contributed by atoms with van der Waals surface area (Å²) in [5.74, 6) is 0. The van der Waals surface area contributed by atoms with E-state index in [1.807, 2.05) is 0 Å². The second kappa shape index (κ2) is 2.69. The minimum atomic E-state index is -2.83. The quantitative estimate of drug-likeness (QED) is 0.661. The van der Waals surface area contributed by atoms with Crippen LogP contribution in [0.5, 0.6) is 0 Å². The first kappa shape index (κ1) is 7.71. The Balaban J connectivity index is 3.24. The van der Waals surface area contributed by atoms with Gasteiger partial charge in [-0.05, 0) is 6.07 Å². The molecular weight excluding hydrogens is 154 g/mol. The summed E-state index contributed by atoms with van der Waals surface area (Å²) >= 11 is 0. The van der Waals surface area contributed by atoms with E-state index in [1.165, 1.54) is 6.07 Å². The first-order valence-corrected chi connectivity index (χ1v) is 2.87. The SMILES string of the molecule is Nc1ccc(=O)n(C(F)F)c1. The van der Waals surface area contributed by atoms with E-state index in [2.05, 4.69) is 0 Å². The van der Waals surface area contributed by atoms with Crippen LogP contribution in [0.3, 0.4) is 0 Å². The number of anilines is 1. The molecule has 0 spiro atoms. The molecule has 0 fully saturated rings. The van der Waals surface area contributed by atoms with E-state index >= 15 is 0 Å². The lowest BCUT2D eigenvalue weighted by Crippen LogP contribution is -2.19. The third-order valence-corrected chi connectivity index (χ3v) is 1.17. The number of nitrogens with two attached hydrogens (primary N) is 1. The molecule has 0 saturated carbocycles. The lowest BCUT2D eigenvalue weighted by Gasteiger charge is -2.02. The number of pyridine rings is 1. The number of hydrogen-bond donors (Lipinski definition) is 1. The molecule has 0 unspecified atom stereocenters. The van der Waals surface area contributed by atoms with Crippen molar-refractivity contribution in [1.29, 1.82) is 0 Å². The fourth-order valence-corrected chi connectivity index (χ4v) is 0.673. The number of halogens is 2. The van der Waals surface area contributed by atoms with Gasteiger partial charge in [0.1, 0.15) is 0 Å². The van der Waals surface area contributed by atoms with E-state index in [0.717, 1.165) is 12.3 Å². The number of hydrogen-bond acceptors (Lipinski definition) is 2. The molecule has 0 aliphatic heterocycles. The molecule has 60 valence electrons. The third-order valence-electron chi connectivity index (χ3n) is 1.17. The highest BCUT2D eigenvalue weighted by molar-refractivity contribution is 5.33. The summed E-state index contributed by atoms with van der Waals surface area (Å²) in [4.78, 5) is 10.6. The summed E-state index contributed by atoms with van der Waals surface area (Å²) in [6.45, 7) is -2.83. The molecule has 0 atom stereocenters. The molecule has 1 aromatic rings. The monoisotopic (exact) mass is 160 g/mol. The fraction of sp³-hybridized carbons (Fsp3) is 0.167. The van der Waals surface area contributed by atoms with Gasteiger partial charge in [-0.2, -0.15) is 8.78 Å². The number of alkyl halides is 2. The molecule has 0 aliphatic carbocycles. The predicted octanol–water partition coefficient (Wildman–Crippen LogP) is 0.826. The van der Waals surface area contributed by atoms with E-state index in [4.69, 9.17) is 5.73 Å². The van der Waals surface area contributed by atoms with Crippen LogP contribution in [0, 0.1) is 0 Å². The second-order valence-corrected chi connectivity index (χ2v) is 1.99. The number of aromatic nitrogens is 1. The van der Waals surface area contributed by atoms with Crippen molar-refractivity contribution in [3.05, 3.63) is 28.7 Å². The van der Waals surface area contributed by atoms with Crippen molar-refractivity contribution in [1.82, 2.24) is 4.57 Å². The van der Waals surface area contributed by atoms with Gasteiger partial charge < -0.3 is 5.73 Å². The van der Waals surface area contributed by atoms with Gasteiger partial charge in [0, 0.05) is 18.0 Å². The lowest BCUT2D eigenvalue weighted by molar-refractivity contribution is 0.0665. The molecule has 0 bridgehead atoms. The van der Waals surface area contributed by atoms with Gasteiger partial charge >= 0.3 is 6.55 Å². The highest BCUT2D eigenvalue weighted by Crippen LogP contribution is 2.07. The topological polar surface area (TPSA) is 48.0 Å². The normalized spacial score (nSPS) is 10.5. The second-order valence-electron chi connectivity index (χ2n) is 1.99. The van der Waals surface area contributed by atoms with Gasteiger partial charge in [-0.1, -0.05) is 0 Å². The van der Waals surface area contributed by atoms with Crippen molar-refractivity contribution in [2.45, 2.75) is 6.55 Å². The molecule has 1 rings (SSSR count). The van der Waals surface area contributed by atoms with E-state index in [0.29, 0.717) is 0 Å². The van der Waals surface area contributed by atoms with Crippen LogP contribution in [-0.4, -0.2) is 4.57 Å². The summed E-state index contributed by atoms with van der Waals surface area (Å²) in [6, 6.07) is 2.28. The third kappa shape index (κ3) is 1.54. The van der Waals surface area contributed by atoms with Gasteiger partial charge in [0.2, 0.25) is 0 Å². The summed E-state index contributed by atoms with van der Waals surface area (Å²) in [5, 5.41) is 0. The van der Waals surface area contributed by atoms with Crippen LogP contribution in [0.15, 0.2) is 23.1 Å². The van der Waals surface area contributed by atoms with Crippen molar-refractivity contribution >= 4 is 5.69 Å². The zero-order chi connectivity index (χ0) is 8.43. The van der Waals surface area contributed by atoms with Gasteiger partial charge in [-0.25, -0.2) is 0 Å². The molecule has 0 saturated heterocycles. The summed E-state index contributed by atoms with van der Waals surface area (Å²) in [7, 11) is 0. The van der Waals surface area contributed by atoms with E-state index < -0.39 is 12.1 Å². The zero-order valence-electron chi connectivity index (χ0n) is 5.50. The first-order chi connectivity index (χ1) is 5.11. The van der Waals surface area contributed by atoms with Crippen molar-refractivity contribution in [3.8, 4) is 0 Å². The van der Waals surface area contributed by atoms with Crippen LogP contribution in [0.4, 0.5) is 14.5 Å². The minimum Gasteiger partial charge on any atom is -0.398 e. The molecule has 3 nitrogen and oxygen atoms in total. The number of nitrogen functional groups attached to an aromatic ring is 1. The van der Waals surface area contributed by atoms with Crippen molar-refractivity contribution in [2.24, 2.45) is 0 Å². The van der Waals surface area contributed by atoms with Crippen molar-refractivity contribution < 1.29 is 8.78 Å². The smallest absolute Gasteiger partial charge is 0.321 e. The Labute approximate surface area is 61.1 Å². The summed E-state index contributed by atoms with van der Waals surface area (Å²) in [6.07, 6.45) is 0.910. The average Bonchev–Trinajstić information content (AvgIpc) is 1.94. The Hall–Kier alpha value is -1.39. The standard InChI is InChI=1S/C6H6F2N2O/c7-6(8)10-3-4(9)1-2-5(10)11/h1-3,6H,9H2. The zero-order valence-corrected chi connectivity index (χ0v) is 5.50. The summed E-state index contributed by atoms with van der Waals surface area (Å²) in [5.41, 5.74) is 4.56. The molecule has 5 heteroatoms. The Morgan fingerprint density at radius 1 is 1.45 bits per heavy atom. The van der Waals surface area contributed by atoms with E-state index in [-0.39, 0.29) is 10.3 Å². The first-order valence-electron chi connectivity index (χ1n) is 2.87. The average molecular weight is 160 g/mol. The fourth-order valence-electron chi connectivity index (χ4n) is 0.673. The Morgan fingerprint density at radius 2 is 2.09 bits per heavy atom. The van der Waals surface area contributed by atoms with Crippen LogP contribution < -0.4 is 11.3 Å². The Kier molecular flexibility index (Phi) is 1.89. The van der Waals surface area contributed by atoms with Crippen LogP contribution in [0.1, 0.15) is 6.55 Å². The van der Waals surface area contributed by atoms with Crippen LogP contribution in [-0.2, 0) is 0 Å². The number of nitrogens with zero attached hydrogens (tertiary/aromatic N) is 1. The molecule has 0 amide bonds. The molecule has 1 heterocycles. The minimum absolute atomic E-state index is 0.143. The maximum atomic E-state index is 11.9. The van der Waals surface area contributed by atoms with Gasteiger partial charge in [-0.3, -0.25) is 9.36 Å². The summed E-state index contributed by atoms with van der Waals surface area (Å²) < 4.78 is 24.1. The van der Waals surface area contributed by atoms with Gasteiger partial charge in [-0.15, -0.1) is 0 Å². The highest BCUT2D eigenvalue weighted by atomic mass is 19.3. The van der Waals surface area contributed by atoms with Crippen LogP contribution >= 0.6 is 0 Å². The lowest BCUT2D eigenvalue weighted by atomic mass is 10.4. The van der Waals surface area contributed by atoms with E-state index in [9.17, 15) is 13.6 Å². The van der Waals surface area contributed by atoms with Crippen LogP contribution in [0.2, 0.25) is 0 Å². The van der Waals surface area contributed by atoms with Gasteiger partial charge in [0.05, 0.1) is 0 Å². The van der Waals surface area contributed by atoms with E-state index in [1.54, 1.807) is 0 Å². The predicted molar refractivity (Wildman–Crippen MR) is 36.4 cm³/mol. The molecule has 0 aromatic carbocycles. The van der Waals surface area contributed by atoms with Crippen molar-refractivity contribution in [2.75, 3.05) is 5.73 Å².